The van der Waals surface area contributed by atoms with Crippen molar-refractivity contribution in [2.24, 2.45) is 0 Å². The molecule has 3 rings (SSSR count). The molecule has 0 radical (unpaired) electrons. The number of aromatic nitrogens is 2. The molecule has 0 fully saturated rings. The zero-order valence-electron chi connectivity index (χ0n) is 16.7. The van der Waals surface area contributed by atoms with Crippen LogP contribution >= 0.6 is 11.6 Å². The predicted molar refractivity (Wildman–Crippen MR) is 115 cm³/mol. The molecule has 0 spiro atoms. The summed E-state index contributed by atoms with van der Waals surface area (Å²) in [5.74, 6) is 1.32. The number of nitrogens with zero attached hydrogens (tertiary/aromatic N) is 2. The first-order valence-corrected chi connectivity index (χ1v) is 9.69. The molecule has 6 heteroatoms. The van der Waals surface area contributed by atoms with E-state index in [-0.39, 0.29) is 5.78 Å². The molecule has 1 heterocycles. The topological polar surface area (TPSA) is 53.4 Å². The molecule has 1 aromatic heterocycles. The number of allylic oxidation sites excluding steroid dienone is 1. The number of methoxy groups -OCH3 is 1. The van der Waals surface area contributed by atoms with E-state index >= 15 is 0 Å². The van der Waals surface area contributed by atoms with Gasteiger partial charge in [0.15, 0.2) is 5.78 Å². The molecule has 0 aliphatic heterocycles. The van der Waals surface area contributed by atoms with Crippen LogP contribution in [0.15, 0.2) is 54.7 Å². The van der Waals surface area contributed by atoms with Gasteiger partial charge in [-0.15, -0.1) is 0 Å². The van der Waals surface area contributed by atoms with Crippen LogP contribution in [-0.2, 0) is 13.2 Å². The highest BCUT2D eigenvalue weighted by molar-refractivity contribution is 6.30. The number of ketones is 1. The average Bonchev–Trinajstić information content (AvgIpc) is 3.11. The lowest BCUT2D eigenvalue weighted by Gasteiger charge is -2.11. The summed E-state index contributed by atoms with van der Waals surface area (Å²) in [6, 6.07) is 12.9. The summed E-state index contributed by atoms with van der Waals surface area (Å²) in [5, 5.41) is 4.84. The highest BCUT2D eigenvalue weighted by Gasteiger charge is 2.11. The van der Waals surface area contributed by atoms with Crippen LogP contribution in [0.1, 0.15) is 34.1 Å². The third kappa shape index (κ3) is 5.06. The standard InChI is InChI=1S/C23H23ClN2O3/c1-4-26-16(2)21(14-25-26)22(27)10-8-17-9-11-23(28-3)18(12-17)15-29-20-7-5-6-19(24)13-20/h5-14H,4,15H2,1-3H3/b10-8+. The number of aryl methyl sites for hydroxylation is 1. The van der Waals surface area contributed by atoms with Gasteiger partial charge >= 0.3 is 0 Å². The molecular formula is C23H23ClN2O3. The highest BCUT2D eigenvalue weighted by Crippen LogP contribution is 2.24. The van der Waals surface area contributed by atoms with Crippen molar-refractivity contribution < 1.29 is 14.3 Å². The van der Waals surface area contributed by atoms with Gasteiger partial charge < -0.3 is 9.47 Å². The van der Waals surface area contributed by atoms with Crippen molar-refractivity contribution in [2.45, 2.75) is 27.0 Å². The Hall–Kier alpha value is -3.05. The summed E-state index contributed by atoms with van der Waals surface area (Å²) in [4.78, 5) is 12.5. The molecule has 150 valence electrons. The molecule has 3 aromatic rings. The van der Waals surface area contributed by atoms with Gasteiger partial charge in [-0.2, -0.15) is 5.10 Å². The Morgan fingerprint density at radius 1 is 1.24 bits per heavy atom. The van der Waals surface area contributed by atoms with Gasteiger partial charge in [0.1, 0.15) is 18.1 Å². The molecule has 0 amide bonds. The van der Waals surface area contributed by atoms with Gasteiger partial charge in [-0.3, -0.25) is 9.48 Å². The Labute approximate surface area is 175 Å². The zero-order chi connectivity index (χ0) is 20.8. The molecule has 29 heavy (non-hydrogen) atoms. The number of ether oxygens (including phenoxy) is 2. The third-order valence-electron chi connectivity index (χ3n) is 4.59. The predicted octanol–water partition coefficient (Wildman–Crippen LogP) is 5.35. The van der Waals surface area contributed by atoms with Gasteiger partial charge in [0, 0.05) is 22.8 Å². The smallest absolute Gasteiger partial charge is 0.189 e. The maximum absolute atomic E-state index is 12.5. The molecule has 5 nitrogen and oxygen atoms in total. The summed E-state index contributed by atoms with van der Waals surface area (Å²) in [5.41, 5.74) is 3.23. The average molecular weight is 411 g/mol. The first-order valence-electron chi connectivity index (χ1n) is 9.32. The van der Waals surface area contributed by atoms with E-state index in [0.717, 1.165) is 29.1 Å². The van der Waals surface area contributed by atoms with Gasteiger partial charge in [0.25, 0.3) is 0 Å². The first kappa shape index (κ1) is 20.7. The molecule has 2 aromatic carbocycles. The van der Waals surface area contributed by atoms with Crippen LogP contribution in [0.25, 0.3) is 6.08 Å². The zero-order valence-corrected chi connectivity index (χ0v) is 17.4. The van der Waals surface area contributed by atoms with Gasteiger partial charge in [-0.25, -0.2) is 0 Å². The minimum atomic E-state index is -0.0743. The quantitative estimate of drug-likeness (QED) is 0.371. The summed E-state index contributed by atoms with van der Waals surface area (Å²) in [6.07, 6.45) is 4.96. The van der Waals surface area contributed by atoms with Gasteiger partial charge in [0.2, 0.25) is 0 Å². The van der Waals surface area contributed by atoms with Crippen molar-refractivity contribution >= 4 is 23.5 Å². The van der Waals surface area contributed by atoms with Crippen LogP contribution in [0.3, 0.4) is 0 Å². The number of carbonyl (C=O) groups is 1. The van der Waals surface area contributed by atoms with Crippen molar-refractivity contribution in [1.29, 1.82) is 0 Å². The fraction of sp³-hybridized carbons (Fsp3) is 0.217. The van der Waals surface area contributed by atoms with Crippen LogP contribution in [0.5, 0.6) is 11.5 Å². The van der Waals surface area contributed by atoms with Crippen LogP contribution in [0.4, 0.5) is 0 Å². The fourth-order valence-corrected chi connectivity index (χ4v) is 3.18. The van der Waals surface area contributed by atoms with Crippen LogP contribution in [0.2, 0.25) is 5.02 Å². The Morgan fingerprint density at radius 3 is 2.76 bits per heavy atom. The second-order valence-corrected chi connectivity index (χ2v) is 6.91. The van der Waals surface area contributed by atoms with Gasteiger partial charge in [-0.05, 0) is 55.8 Å². The highest BCUT2D eigenvalue weighted by atomic mass is 35.5. The molecule has 0 bridgehead atoms. The lowest BCUT2D eigenvalue weighted by molar-refractivity contribution is 0.104. The van der Waals surface area contributed by atoms with E-state index in [1.54, 1.807) is 42.3 Å². The Morgan fingerprint density at radius 2 is 2.07 bits per heavy atom. The summed E-state index contributed by atoms with van der Waals surface area (Å²) in [7, 11) is 1.62. The number of hydrogen-bond donors (Lipinski definition) is 0. The lowest BCUT2D eigenvalue weighted by Crippen LogP contribution is -2.02. The van der Waals surface area contributed by atoms with Crippen molar-refractivity contribution in [2.75, 3.05) is 7.11 Å². The van der Waals surface area contributed by atoms with E-state index in [1.165, 1.54) is 0 Å². The normalized spacial score (nSPS) is 11.0. The Balaban J connectivity index is 1.76. The SMILES string of the molecule is CCn1ncc(C(=O)/C=C/c2ccc(OC)c(COc3cccc(Cl)c3)c2)c1C. The van der Waals surface area contributed by atoms with E-state index in [1.807, 2.05) is 44.2 Å². The van der Waals surface area contributed by atoms with E-state index < -0.39 is 0 Å². The lowest BCUT2D eigenvalue weighted by atomic mass is 10.1. The Bertz CT molecular complexity index is 1040. The van der Waals surface area contributed by atoms with Crippen molar-refractivity contribution in [3.05, 3.63) is 82.1 Å². The number of hydrogen-bond acceptors (Lipinski definition) is 4. The van der Waals surface area contributed by atoms with Crippen molar-refractivity contribution in [3.8, 4) is 11.5 Å². The fourth-order valence-electron chi connectivity index (χ4n) is 3.00. The van der Waals surface area contributed by atoms with Crippen molar-refractivity contribution in [3.63, 3.8) is 0 Å². The van der Waals surface area contributed by atoms with Crippen LogP contribution in [-0.4, -0.2) is 22.7 Å². The summed E-state index contributed by atoms with van der Waals surface area (Å²) in [6.45, 7) is 4.95. The largest absolute Gasteiger partial charge is 0.496 e. The molecule has 0 saturated carbocycles. The maximum atomic E-state index is 12.5. The van der Waals surface area contributed by atoms with E-state index in [9.17, 15) is 4.79 Å². The van der Waals surface area contributed by atoms with Gasteiger partial charge in [-0.1, -0.05) is 29.8 Å². The van der Waals surface area contributed by atoms with Gasteiger partial charge in [0.05, 0.1) is 18.9 Å². The first-order chi connectivity index (χ1) is 14.0. The van der Waals surface area contributed by atoms with E-state index in [0.29, 0.717) is 22.9 Å². The van der Waals surface area contributed by atoms with E-state index in [4.69, 9.17) is 21.1 Å². The number of benzene rings is 2. The Kier molecular flexibility index (Phi) is 6.73. The van der Waals surface area contributed by atoms with Crippen LogP contribution in [0, 0.1) is 6.92 Å². The number of carbonyl (C=O) groups excluding carboxylic acids is 1. The van der Waals surface area contributed by atoms with Crippen LogP contribution < -0.4 is 9.47 Å². The second-order valence-electron chi connectivity index (χ2n) is 6.47. The molecule has 0 saturated heterocycles. The third-order valence-corrected chi connectivity index (χ3v) is 4.83. The molecule has 0 atom stereocenters. The number of rotatable bonds is 8. The molecule has 0 N–H and O–H groups in total. The summed E-state index contributed by atoms with van der Waals surface area (Å²) < 4.78 is 13.1. The minimum Gasteiger partial charge on any atom is -0.496 e. The van der Waals surface area contributed by atoms with E-state index in [2.05, 4.69) is 5.10 Å². The molecular weight excluding hydrogens is 388 g/mol. The molecule has 0 unspecified atom stereocenters. The second kappa shape index (κ2) is 9.43. The number of halogens is 1. The molecule has 0 aliphatic carbocycles. The monoisotopic (exact) mass is 410 g/mol. The summed E-state index contributed by atoms with van der Waals surface area (Å²) >= 11 is 6.00. The maximum Gasteiger partial charge on any atom is 0.189 e. The minimum absolute atomic E-state index is 0.0743. The van der Waals surface area contributed by atoms with Crippen molar-refractivity contribution in [1.82, 2.24) is 9.78 Å². The molecule has 0 aliphatic rings.